The zero-order chi connectivity index (χ0) is 12.5. The second-order valence-electron chi connectivity index (χ2n) is 5.06. The molecule has 2 heteroatoms. The van der Waals surface area contributed by atoms with Crippen LogP contribution in [0.5, 0.6) is 0 Å². The van der Waals surface area contributed by atoms with Gasteiger partial charge in [0.15, 0.2) is 0 Å². The van der Waals surface area contributed by atoms with E-state index in [1.165, 1.54) is 20.9 Å². The van der Waals surface area contributed by atoms with Gasteiger partial charge in [-0.05, 0) is 41.6 Å². The van der Waals surface area contributed by atoms with Gasteiger partial charge in [0.2, 0.25) is 0 Å². The Balaban J connectivity index is 0.000000139. The van der Waals surface area contributed by atoms with Crippen molar-refractivity contribution < 1.29 is 9.53 Å². The van der Waals surface area contributed by atoms with Gasteiger partial charge < -0.3 is 4.74 Å². The molecular formula is C15H16O2. The molecule has 2 aliphatic carbocycles. The summed E-state index contributed by atoms with van der Waals surface area (Å²) in [7, 11) is 0. The minimum absolute atomic E-state index is 0.318. The number of ether oxygens (including phenoxy) is 1. The maximum absolute atomic E-state index is 9.60. The van der Waals surface area contributed by atoms with Crippen LogP contribution in [-0.4, -0.2) is 12.1 Å². The fraction of sp³-hybridized carbons (Fsp3) is 0.267. The van der Waals surface area contributed by atoms with Crippen LogP contribution in [0.25, 0.3) is 24.3 Å². The zero-order valence-corrected chi connectivity index (χ0v) is 10.4. The molecule has 0 atom stereocenters. The van der Waals surface area contributed by atoms with Crippen molar-refractivity contribution in [2.75, 3.05) is 0 Å². The van der Waals surface area contributed by atoms with Crippen LogP contribution in [0.15, 0.2) is 12.1 Å². The predicted molar refractivity (Wildman–Crippen MR) is 69.7 cm³/mol. The lowest BCUT2D eigenvalue weighted by Gasteiger charge is -2.14. The van der Waals surface area contributed by atoms with Gasteiger partial charge in [0.25, 0.3) is 6.47 Å². The van der Waals surface area contributed by atoms with Crippen LogP contribution < -0.4 is 20.9 Å². The highest BCUT2D eigenvalue weighted by atomic mass is 16.5. The van der Waals surface area contributed by atoms with Crippen molar-refractivity contribution >= 4 is 30.8 Å². The summed E-state index contributed by atoms with van der Waals surface area (Å²) < 4.78 is 4.55. The van der Waals surface area contributed by atoms with Crippen LogP contribution in [0, 0.1) is 0 Å². The molecule has 2 nitrogen and oxygen atoms in total. The monoisotopic (exact) mass is 228 g/mol. The Kier molecular flexibility index (Phi) is 2.88. The van der Waals surface area contributed by atoms with Crippen molar-refractivity contribution in [1.29, 1.82) is 0 Å². The summed E-state index contributed by atoms with van der Waals surface area (Å²) in [6.45, 7) is 5.92. The summed E-state index contributed by atoms with van der Waals surface area (Å²) in [5.74, 6) is 0. The van der Waals surface area contributed by atoms with Crippen molar-refractivity contribution in [3.63, 3.8) is 0 Å². The first-order valence-corrected chi connectivity index (χ1v) is 5.66. The molecule has 0 spiro atoms. The zero-order valence-electron chi connectivity index (χ0n) is 10.4. The molecule has 0 aliphatic heterocycles. The third kappa shape index (κ3) is 2.47. The normalized spacial score (nSPS) is 13.4. The average Bonchev–Trinajstić information content (AvgIpc) is 2.64. The smallest absolute Gasteiger partial charge is 0.293 e. The fourth-order valence-electron chi connectivity index (χ4n) is 1.82. The van der Waals surface area contributed by atoms with E-state index in [-0.39, 0.29) is 5.60 Å². The molecule has 0 heterocycles. The highest BCUT2D eigenvalue weighted by Gasteiger charge is 2.07. The molecule has 17 heavy (non-hydrogen) atoms. The lowest BCUT2D eigenvalue weighted by molar-refractivity contribution is -0.138. The summed E-state index contributed by atoms with van der Waals surface area (Å²) in [6, 6.07) is 4.36. The highest BCUT2D eigenvalue weighted by molar-refractivity contribution is 5.74. The lowest BCUT2D eigenvalue weighted by atomic mass is 10.2. The molecular weight excluding hydrogens is 212 g/mol. The number of hydrogen-bond acceptors (Lipinski definition) is 2. The second kappa shape index (κ2) is 4.21. The Morgan fingerprint density at radius 3 is 1.71 bits per heavy atom. The summed E-state index contributed by atoms with van der Waals surface area (Å²) in [5.41, 5.74) is -0.318. The van der Waals surface area contributed by atoms with Crippen molar-refractivity contribution in [1.82, 2.24) is 0 Å². The van der Waals surface area contributed by atoms with Crippen molar-refractivity contribution in [3.8, 4) is 0 Å². The van der Waals surface area contributed by atoms with Crippen LogP contribution >= 0.6 is 0 Å². The topological polar surface area (TPSA) is 26.3 Å². The van der Waals surface area contributed by atoms with E-state index >= 15 is 0 Å². The highest BCUT2D eigenvalue weighted by Crippen LogP contribution is 2.02. The van der Waals surface area contributed by atoms with Crippen molar-refractivity contribution in [2.45, 2.75) is 26.4 Å². The molecule has 0 aromatic heterocycles. The third-order valence-corrected chi connectivity index (χ3v) is 2.62. The van der Waals surface area contributed by atoms with Gasteiger partial charge in [-0.2, -0.15) is 0 Å². The minimum Gasteiger partial charge on any atom is -0.462 e. The second-order valence-corrected chi connectivity index (χ2v) is 5.06. The molecule has 0 saturated heterocycles. The van der Waals surface area contributed by atoms with E-state index in [9.17, 15) is 4.79 Å². The summed E-state index contributed by atoms with van der Waals surface area (Å²) >= 11 is 0. The molecule has 0 fully saturated rings. The largest absolute Gasteiger partial charge is 0.462 e. The van der Waals surface area contributed by atoms with E-state index in [2.05, 4.69) is 41.2 Å². The SMILES string of the molecule is C1=c2ccc3c(c2=CC=3)=C1.CC(C)(C)OC=O. The van der Waals surface area contributed by atoms with Gasteiger partial charge in [-0.15, -0.1) is 0 Å². The van der Waals surface area contributed by atoms with Gasteiger partial charge in [-0.3, -0.25) is 4.79 Å². The number of carbonyl (C=O) groups is 1. The van der Waals surface area contributed by atoms with Crippen LogP contribution in [0.1, 0.15) is 20.8 Å². The van der Waals surface area contributed by atoms with E-state index in [0.29, 0.717) is 6.47 Å². The number of rotatable bonds is 1. The van der Waals surface area contributed by atoms with Crippen LogP contribution in [0.4, 0.5) is 0 Å². The number of hydrogen-bond donors (Lipinski definition) is 0. The lowest BCUT2D eigenvalue weighted by Crippen LogP contribution is -2.40. The minimum atomic E-state index is -0.318. The van der Waals surface area contributed by atoms with Crippen LogP contribution in [-0.2, 0) is 9.53 Å². The van der Waals surface area contributed by atoms with Gasteiger partial charge in [0, 0.05) is 0 Å². The van der Waals surface area contributed by atoms with E-state index in [0.717, 1.165) is 0 Å². The van der Waals surface area contributed by atoms with Gasteiger partial charge in [0.1, 0.15) is 5.60 Å². The van der Waals surface area contributed by atoms with Gasteiger partial charge in [-0.1, -0.05) is 36.4 Å². The van der Waals surface area contributed by atoms with E-state index in [4.69, 9.17) is 0 Å². The Morgan fingerprint density at radius 2 is 1.41 bits per heavy atom. The molecule has 0 radical (unpaired) electrons. The van der Waals surface area contributed by atoms with Gasteiger partial charge in [0.05, 0.1) is 0 Å². The third-order valence-electron chi connectivity index (χ3n) is 2.62. The maximum atomic E-state index is 9.60. The molecule has 2 aliphatic rings. The van der Waals surface area contributed by atoms with Crippen molar-refractivity contribution in [3.05, 3.63) is 33.0 Å². The Morgan fingerprint density at radius 1 is 0.941 bits per heavy atom. The Hall–Kier alpha value is -1.83. The maximum Gasteiger partial charge on any atom is 0.293 e. The van der Waals surface area contributed by atoms with Crippen LogP contribution in [0.2, 0.25) is 0 Å². The first-order valence-electron chi connectivity index (χ1n) is 5.66. The van der Waals surface area contributed by atoms with Gasteiger partial charge >= 0.3 is 0 Å². The molecule has 3 rings (SSSR count). The number of carbonyl (C=O) groups excluding carboxylic acids is 1. The molecule has 0 unspecified atom stereocenters. The molecule has 0 saturated carbocycles. The van der Waals surface area contributed by atoms with Gasteiger partial charge in [-0.25, -0.2) is 0 Å². The van der Waals surface area contributed by atoms with E-state index in [1.807, 2.05) is 20.8 Å². The summed E-state index contributed by atoms with van der Waals surface area (Å²) in [4.78, 5) is 9.60. The van der Waals surface area contributed by atoms with Crippen molar-refractivity contribution in [2.24, 2.45) is 0 Å². The standard InChI is InChI=1S/C10H6.C5H10O2/c1-2-8-4-6-9-7(1)3-5-10(8)9;1-5(2,3)7-4-6/h1-6H;4H,1-3H3. The quantitative estimate of drug-likeness (QED) is 0.622. The summed E-state index contributed by atoms with van der Waals surface area (Å²) in [5, 5.41) is 5.56. The molecule has 88 valence electrons. The molecule has 0 amide bonds. The molecule has 4 bridgehead atoms. The molecule has 1 aromatic carbocycles. The molecule has 0 N–H and O–H groups in total. The molecule has 1 aromatic rings. The van der Waals surface area contributed by atoms with Crippen LogP contribution in [0.3, 0.4) is 0 Å². The van der Waals surface area contributed by atoms with E-state index < -0.39 is 0 Å². The van der Waals surface area contributed by atoms with E-state index in [1.54, 1.807) is 0 Å². The Bertz CT molecular complexity index is 622. The average molecular weight is 228 g/mol. The fourth-order valence-corrected chi connectivity index (χ4v) is 1.82. The Labute approximate surface area is 100 Å². The number of benzene rings is 1. The first kappa shape index (κ1) is 11.6. The predicted octanol–water partition coefficient (Wildman–Crippen LogP) is -0.206. The summed E-state index contributed by atoms with van der Waals surface area (Å²) in [6.07, 6.45) is 8.75. The first-order chi connectivity index (χ1) is 8.01.